The van der Waals surface area contributed by atoms with Gasteiger partial charge in [0, 0.05) is 18.8 Å². The molecule has 3 aromatic rings. The van der Waals surface area contributed by atoms with Crippen LogP contribution in [0, 0.1) is 6.92 Å². The largest absolute Gasteiger partial charge is 0.378 e. The number of benzene rings is 1. The zero-order valence-corrected chi connectivity index (χ0v) is 14.7. The summed E-state index contributed by atoms with van der Waals surface area (Å²) in [5.41, 5.74) is 3.32. The van der Waals surface area contributed by atoms with Crippen molar-refractivity contribution < 1.29 is 9.53 Å². The Morgan fingerprint density at radius 1 is 1.19 bits per heavy atom. The zero-order chi connectivity index (χ0) is 17.9. The second-order valence-corrected chi connectivity index (χ2v) is 6.31. The molecule has 0 atom stereocenters. The first-order chi connectivity index (χ1) is 12.7. The van der Waals surface area contributed by atoms with Gasteiger partial charge in [-0.1, -0.05) is 12.1 Å². The van der Waals surface area contributed by atoms with Crippen LogP contribution in [0.5, 0.6) is 0 Å². The van der Waals surface area contributed by atoms with Crippen molar-refractivity contribution in [2.75, 3.05) is 31.2 Å². The summed E-state index contributed by atoms with van der Waals surface area (Å²) in [6.45, 7) is 5.04. The third kappa shape index (κ3) is 3.39. The lowest BCUT2D eigenvalue weighted by atomic mass is 10.2. The maximum Gasteiger partial charge on any atom is 0.255 e. The van der Waals surface area contributed by atoms with Gasteiger partial charge in [0.05, 0.1) is 36.4 Å². The number of aromatic amines is 1. The van der Waals surface area contributed by atoms with Crippen LogP contribution in [0.15, 0.2) is 36.4 Å². The topological polar surface area (TPSA) is 83.1 Å². The Balaban J connectivity index is 1.52. The molecule has 1 fully saturated rings. The van der Waals surface area contributed by atoms with Gasteiger partial charge < -0.3 is 19.9 Å². The number of hydrogen-bond donors (Lipinski definition) is 2. The molecule has 2 N–H and O–H groups in total. The number of imidazole rings is 1. The van der Waals surface area contributed by atoms with E-state index in [1.807, 2.05) is 43.3 Å². The van der Waals surface area contributed by atoms with E-state index in [2.05, 4.69) is 25.2 Å². The highest BCUT2D eigenvalue weighted by Crippen LogP contribution is 2.20. The lowest BCUT2D eigenvalue weighted by Crippen LogP contribution is -2.38. The van der Waals surface area contributed by atoms with Crippen LogP contribution in [-0.2, 0) is 11.3 Å². The molecule has 1 aliphatic rings. The fraction of sp³-hybridized carbons (Fsp3) is 0.316. The molecule has 0 radical (unpaired) electrons. The summed E-state index contributed by atoms with van der Waals surface area (Å²) < 4.78 is 5.40. The second-order valence-electron chi connectivity index (χ2n) is 6.31. The molecule has 0 aliphatic carbocycles. The predicted molar refractivity (Wildman–Crippen MR) is 99.3 cm³/mol. The van der Waals surface area contributed by atoms with Gasteiger partial charge in [-0.25, -0.2) is 9.97 Å². The predicted octanol–water partition coefficient (Wildman–Crippen LogP) is 2.03. The van der Waals surface area contributed by atoms with Gasteiger partial charge in [-0.15, -0.1) is 0 Å². The minimum absolute atomic E-state index is 0.153. The van der Waals surface area contributed by atoms with Gasteiger partial charge in [-0.2, -0.15) is 0 Å². The number of rotatable bonds is 4. The number of nitrogens with zero attached hydrogens (tertiary/aromatic N) is 3. The summed E-state index contributed by atoms with van der Waals surface area (Å²) >= 11 is 0. The van der Waals surface area contributed by atoms with E-state index >= 15 is 0 Å². The molecule has 3 heterocycles. The van der Waals surface area contributed by atoms with E-state index in [0.29, 0.717) is 25.3 Å². The third-order valence-corrected chi connectivity index (χ3v) is 4.42. The number of morpholine rings is 1. The van der Waals surface area contributed by atoms with Crippen molar-refractivity contribution >= 4 is 22.8 Å². The Labute approximate surface area is 151 Å². The van der Waals surface area contributed by atoms with Crippen LogP contribution in [0.1, 0.15) is 21.9 Å². The highest BCUT2D eigenvalue weighted by Gasteiger charge is 2.20. The van der Waals surface area contributed by atoms with E-state index < -0.39 is 0 Å². The van der Waals surface area contributed by atoms with Crippen LogP contribution in [-0.4, -0.2) is 47.2 Å². The average Bonchev–Trinajstić information content (AvgIpc) is 3.10. The minimum atomic E-state index is -0.153. The molecule has 1 saturated heterocycles. The standard InChI is InChI=1S/C19H21N5O2/c1-13-6-7-14(18(21-13)24-8-10-26-11-9-24)19(25)20-12-17-22-15-4-2-3-5-16(15)23-17/h2-7H,8-12H2,1H3,(H,20,25)(H,22,23). The van der Waals surface area contributed by atoms with E-state index in [4.69, 9.17) is 4.74 Å². The van der Waals surface area contributed by atoms with Crippen LogP contribution in [0.4, 0.5) is 5.82 Å². The molecular formula is C19H21N5O2. The number of hydrogen-bond acceptors (Lipinski definition) is 5. The quantitative estimate of drug-likeness (QED) is 0.751. The lowest BCUT2D eigenvalue weighted by Gasteiger charge is -2.29. The normalized spacial score (nSPS) is 14.6. The van der Waals surface area contributed by atoms with Gasteiger partial charge in [-0.05, 0) is 31.2 Å². The maximum atomic E-state index is 12.8. The van der Waals surface area contributed by atoms with Crippen molar-refractivity contribution in [3.8, 4) is 0 Å². The number of nitrogens with one attached hydrogen (secondary N) is 2. The molecule has 0 bridgehead atoms. The van der Waals surface area contributed by atoms with E-state index in [0.717, 1.165) is 41.5 Å². The van der Waals surface area contributed by atoms with Crippen molar-refractivity contribution in [1.82, 2.24) is 20.3 Å². The number of aromatic nitrogens is 3. The molecule has 1 amide bonds. The molecule has 4 rings (SSSR count). The van der Waals surface area contributed by atoms with Crippen molar-refractivity contribution in [2.24, 2.45) is 0 Å². The van der Waals surface area contributed by atoms with Gasteiger partial charge in [-0.3, -0.25) is 4.79 Å². The second kappa shape index (κ2) is 7.13. The van der Waals surface area contributed by atoms with Crippen LogP contribution in [0.3, 0.4) is 0 Å². The third-order valence-electron chi connectivity index (χ3n) is 4.42. The van der Waals surface area contributed by atoms with Crippen LogP contribution in [0.25, 0.3) is 11.0 Å². The highest BCUT2D eigenvalue weighted by atomic mass is 16.5. The summed E-state index contributed by atoms with van der Waals surface area (Å²) in [6, 6.07) is 11.5. The van der Waals surface area contributed by atoms with Crippen LogP contribution < -0.4 is 10.2 Å². The van der Waals surface area contributed by atoms with Gasteiger partial charge in [0.25, 0.3) is 5.91 Å². The van der Waals surface area contributed by atoms with Gasteiger partial charge in [0.2, 0.25) is 0 Å². The van der Waals surface area contributed by atoms with Gasteiger partial charge in [0.15, 0.2) is 0 Å². The lowest BCUT2D eigenvalue weighted by molar-refractivity contribution is 0.0948. The van der Waals surface area contributed by atoms with E-state index in [1.165, 1.54) is 0 Å². The molecule has 134 valence electrons. The molecule has 1 aromatic carbocycles. The summed E-state index contributed by atoms with van der Waals surface area (Å²) in [7, 11) is 0. The molecule has 0 spiro atoms. The minimum Gasteiger partial charge on any atom is -0.378 e. The first-order valence-electron chi connectivity index (χ1n) is 8.73. The van der Waals surface area contributed by atoms with E-state index in [9.17, 15) is 4.79 Å². The van der Waals surface area contributed by atoms with Crippen molar-refractivity contribution in [2.45, 2.75) is 13.5 Å². The number of pyridine rings is 1. The fourth-order valence-electron chi connectivity index (χ4n) is 3.09. The summed E-state index contributed by atoms with van der Waals surface area (Å²) in [5, 5.41) is 2.94. The number of anilines is 1. The monoisotopic (exact) mass is 351 g/mol. The SMILES string of the molecule is Cc1ccc(C(=O)NCc2nc3ccccc3[nH]2)c(N2CCOCC2)n1. The smallest absolute Gasteiger partial charge is 0.255 e. The molecule has 2 aromatic heterocycles. The van der Waals surface area contributed by atoms with Crippen molar-refractivity contribution in [3.63, 3.8) is 0 Å². The average molecular weight is 351 g/mol. The molecule has 7 heteroatoms. The van der Waals surface area contributed by atoms with E-state index in [-0.39, 0.29) is 5.91 Å². The molecule has 1 aliphatic heterocycles. The molecule has 0 unspecified atom stereocenters. The summed E-state index contributed by atoms with van der Waals surface area (Å²) in [6.07, 6.45) is 0. The Bertz CT molecular complexity index is 898. The van der Waals surface area contributed by atoms with Crippen molar-refractivity contribution in [3.05, 3.63) is 53.5 Å². The number of H-pyrrole nitrogens is 1. The fourth-order valence-corrected chi connectivity index (χ4v) is 3.09. The molecule has 26 heavy (non-hydrogen) atoms. The maximum absolute atomic E-state index is 12.8. The highest BCUT2D eigenvalue weighted by molar-refractivity contribution is 5.99. The number of carbonyl (C=O) groups is 1. The van der Waals surface area contributed by atoms with Crippen LogP contribution in [0.2, 0.25) is 0 Å². The zero-order valence-electron chi connectivity index (χ0n) is 14.7. The number of amides is 1. The Kier molecular flexibility index (Phi) is 4.53. The number of carbonyl (C=O) groups excluding carboxylic acids is 1. The Morgan fingerprint density at radius 3 is 2.81 bits per heavy atom. The molecular weight excluding hydrogens is 330 g/mol. The Morgan fingerprint density at radius 2 is 2.00 bits per heavy atom. The number of para-hydroxylation sites is 2. The first kappa shape index (κ1) is 16.5. The first-order valence-corrected chi connectivity index (χ1v) is 8.73. The van der Waals surface area contributed by atoms with Crippen molar-refractivity contribution in [1.29, 1.82) is 0 Å². The summed E-state index contributed by atoms with van der Waals surface area (Å²) in [4.78, 5) is 27.2. The van der Waals surface area contributed by atoms with Crippen LogP contribution >= 0.6 is 0 Å². The number of ether oxygens (including phenoxy) is 1. The molecule has 0 saturated carbocycles. The van der Waals surface area contributed by atoms with Gasteiger partial charge in [0.1, 0.15) is 11.6 Å². The summed E-state index contributed by atoms with van der Waals surface area (Å²) in [5.74, 6) is 1.29. The number of aryl methyl sites for hydroxylation is 1. The Hall–Kier alpha value is -2.93. The van der Waals surface area contributed by atoms with E-state index in [1.54, 1.807) is 0 Å². The molecule has 7 nitrogen and oxygen atoms in total. The number of fused-ring (bicyclic) bond motifs is 1. The van der Waals surface area contributed by atoms with Gasteiger partial charge >= 0.3 is 0 Å².